The first-order chi connectivity index (χ1) is 28.8. The number of hydrogen-bond acceptors (Lipinski definition) is 0. The van der Waals surface area contributed by atoms with Crippen molar-refractivity contribution >= 4 is 65.2 Å². The minimum atomic E-state index is 1.16. The van der Waals surface area contributed by atoms with Gasteiger partial charge >= 0.3 is 0 Å². The predicted molar refractivity (Wildman–Crippen MR) is 245 cm³/mol. The molecule has 1 aliphatic carbocycles. The van der Waals surface area contributed by atoms with E-state index in [9.17, 15) is 0 Å². The Morgan fingerprint density at radius 3 is 1.64 bits per heavy atom. The lowest BCUT2D eigenvalue weighted by molar-refractivity contribution is 1.18. The van der Waals surface area contributed by atoms with Crippen LogP contribution in [-0.4, -0.2) is 9.13 Å². The van der Waals surface area contributed by atoms with Gasteiger partial charge in [-0.05, 0) is 91.5 Å². The van der Waals surface area contributed by atoms with Crippen LogP contribution >= 0.6 is 0 Å². The highest BCUT2D eigenvalue weighted by Gasteiger charge is 2.24. The highest BCUT2D eigenvalue weighted by Crippen LogP contribution is 2.50. The van der Waals surface area contributed by atoms with Gasteiger partial charge in [0.2, 0.25) is 0 Å². The molecule has 2 nitrogen and oxygen atoms in total. The maximum atomic E-state index is 2.54. The van der Waals surface area contributed by atoms with E-state index in [0.717, 1.165) is 5.69 Å². The van der Waals surface area contributed by atoms with E-state index in [0.29, 0.717) is 0 Å². The molecule has 0 bridgehead atoms. The zero-order valence-electron chi connectivity index (χ0n) is 31.5. The predicted octanol–water partition coefficient (Wildman–Crippen LogP) is 15.2. The fourth-order valence-electron chi connectivity index (χ4n) is 10.2. The van der Waals surface area contributed by atoms with Gasteiger partial charge in [-0.1, -0.05) is 170 Å². The van der Waals surface area contributed by atoms with Crippen molar-refractivity contribution in [2.45, 2.75) is 0 Å². The maximum Gasteiger partial charge on any atom is 0.0619 e. The van der Waals surface area contributed by atoms with Gasteiger partial charge in [0.1, 0.15) is 0 Å². The molecule has 12 aromatic rings. The molecule has 0 amide bonds. The average molecular weight is 735 g/mol. The Morgan fingerprint density at radius 2 is 0.828 bits per heavy atom. The molecular formula is C56H34N2. The van der Waals surface area contributed by atoms with Crippen molar-refractivity contribution in [1.29, 1.82) is 0 Å². The van der Waals surface area contributed by atoms with Crippen molar-refractivity contribution in [3.05, 3.63) is 206 Å². The van der Waals surface area contributed by atoms with Gasteiger partial charge in [-0.2, -0.15) is 0 Å². The molecule has 0 saturated carbocycles. The summed E-state index contributed by atoms with van der Waals surface area (Å²) in [5, 5.41) is 10.1. The van der Waals surface area contributed by atoms with Crippen LogP contribution < -0.4 is 0 Å². The molecule has 2 heteroatoms. The van der Waals surface area contributed by atoms with E-state index in [-0.39, 0.29) is 0 Å². The Bertz CT molecular complexity index is 3650. The second kappa shape index (κ2) is 11.9. The summed E-state index contributed by atoms with van der Waals surface area (Å²) >= 11 is 0. The summed E-state index contributed by atoms with van der Waals surface area (Å²) in [5.74, 6) is 0. The number of rotatable bonds is 4. The average Bonchev–Trinajstić information content (AvgIpc) is 3.93. The van der Waals surface area contributed by atoms with Crippen molar-refractivity contribution in [3.8, 4) is 55.9 Å². The van der Waals surface area contributed by atoms with E-state index in [2.05, 4.69) is 215 Å². The number of aromatic nitrogens is 2. The molecule has 0 fully saturated rings. The third-order valence-electron chi connectivity index (χ3n) is 12.7. The van der Waals surface area contributed by atoms with E-state index < -0.39 is 0 Å². The van der Waals surface area contributed by atoms with Gasteiger partial charge in [0.15, 0.2) is 0 Å². The lowest BCUT2D eigenvalue weighted by atomic mass is 9.93. The molecule has 2 aromatic heterocycles. The molecule has 0 radical (unpaired) electrons. The molecule has 13 rings (SSSR count). The largest absolute Gasteiger partial charge is 0.309 e. The summed E-state index contributed by atoms with van der Waals surface area (Å²) in [6.07, 6.45) is 0. The lowest BCUT2D eigenvalue weighted by Gasteiger charge is -2.17. The van der Waals surface area contributed by atoms with Crippen molar-refractivity contribution < 1.29 is 0 Å². The topological polar surface area (TPSA) is 9.86 Å². The zero-order valence-corrected chi connectivity index (χ0v) is 31.5. The molecule has 0 aliphatic heterocycles. The summed E-state index contributed by atoms with van der Waals surface area (Å²) in [6, 6.07) is 76.3. The molecule has 0 saturated heterocycles. The van der Waals surface area contributed by atoms with Crippen molar-refractivity contribution in [2.75, 3.05) is 0 Å². The second-order valence-electron chi connectivity index (χ2n) is 15.6. The van der Waals surface area contributed by atoms with Crippen LogP contribution in [0.2, 0.25) is 0 Å². The van der Waals surface area contributed by atoms with Crippen LogP contribution in [0.4, 0.5) is 0 Å². The number of nitrogens with zero attached hydrogens (tertiary/aromatic N) is 2. The zero-order chi connectivity index (χ0) is 37.9. The van der Waals surface area contributed by atoms with Gasteiger partial charge in [-0.15, -0.1) is 0 Å². The first kappa shape index (κ1) is 31.5. The Labute approximate surface area is 335 Å². The van der Waals surface area contributed by atoms with Crippen LogP contribution in [0.3, 0.4) is 0 Å². The van der Waals surface area contributed by atoms with E-state index in [1.807, 2.05) is 0 Å². The van der Waals surface area contributed by atoms with Gasteiger partial charge in [0.25, 0.3) is 0 Å². The molecule has 2 heterocycles. The van der Waals surface area contributed by atoms with Crippen molar-refractivity contribution in [2.24, 2.45) is 0 Å². The Hall–Kier alpha value is -7.68. The summed E-state index contributed by atoms with van der Waals surface area (Å²) in [5.41, 5.74) is 17.3. The molecule has 0 N–H and O–H groups in total. The third-order valence-corrected chi connectivity index (χ3v) is 12.7. The number of hydrogen-bond donors (Lipinski definition) is 0. The van der Waals surface area contributed by atoms with Crippen LogP contribution in [-0.2, 0) is 0 Å². The van der Waals surface area contributed by atoms with Gasteiger partial charge in [-0.25, -0.2) is 0 Å². The Kier molecular flexibility index (Phi) is 6.47. The van der Waals surface area contributed by atoms with Gasteiger partial charge in [-0.3, -0.25) is 0 Å². The monoisotopic (exact) mass is 734 g/mol. The summed E-state index contributed by atoms with van der Waals surface area (Å²) in [6.45, 7) is 0. The quantitative estimate of drug-likeness (QED) is 0.170. The van der Waals surface area contributed by atoms with Crippen LogP contribution in [0, 0.1) is 0 Å². The Balaban J connectivity index is 1.09. The smallest absolute Gasteiger partial charge is 0.0619 e. The van der Waals surface area contributed by atoms with E-state index in [1.165, 1.54) is 115 Å². The summed E-state index contributed by atoms with van der Waals surface area (Å²) in [7, 11) is 0. The van der Waals surface area contributed by atoms with Crippen LogP contribution in [0.15, 0.2) is 206 Å². The summed E-state index contributed by atoms with van der Waals surface area (Å²) < 4.78 is 4.95. The van der Waals surface area contributed by atoms with Gasteiger partial charge < -0.3 is 9.13 Å². The highest BCUT2D eigenvalue weighted by atomic mass is 15.0. The van der Waals surface area contributed by atoms with Gasteiger partial charge in [0, 0.05) is 38.2 Å². The molecule has 0 unspecified atom stereocenters. The molecule has 0 spiro atoms. The fourth-order valence-corrected chi connectivity index (χ4v) is 10.2. The van der Waals surface area contributed by atoms with E-state index in [1.54, 1.807) is 0 Å². The molecule has 10 aromatic carbocycles. The maximum absolute atomic E-state index is 2.54. The molecule has 1 aliphatic rings. The normalized spacial score (nSPS) is 12.1. The minimum Gasteiger partial charge on any atom is -0.309 e. The summed E-state index contributed by atoms with van der Waals surface area (Å²) in [4.78, 5) is 0. The standard InChI is InChI=1S/C56H34N2/c1-2-14-38(15-3-1)57-51-23-10-9-20-44(51)45-28-26-36(33-53(45)57)37-27-29-46-50-30-25-35-13-4-5-16-39(35)56(50)58(54(46)34-37)52-24-11-8-19-43(52)42-31-32-49-41-18-7-6-17-40(41)47-21-12-22-48(42)55(47)49/h1-34H. The Morgan fingerprint density at radius 1 is 0.276 bits per heavy atom. The molecule has 268 valence electrons. The minimum absolute atomic E-state index is 1.16. The number of benzene rings is 10. The first-order valence-corrected chi connectivity index (χ1v) is 20.1. The van der Waals surface area contributed by atoms with Crippen LogP contribution in [0.5, 0.6) is 0 Å². The highest BCUT2D eigenvalue weighted by molar-refractivity contribution is 6.21. The molecule has 0 atom stereocenters. The number of para-hydroxylation sites is 3. The van der Waals surface area contributed by atoms with Gasteiger partial charge in [0.05, 0.1) is 27.8 Å². The van der Waals surface area contributed by atoms with E-state index in [4.69, 9.17) is 0 Å². The number of fused-ring (bicyclic) bond motifs is 11. The molecule has 58 heavy (non-hydrogen) atoms. The van der Waals surface area contributed by atoms with Crippen LogP contribution in [0.25, 0.3) is 121 Å². The SMILES string of the molecule is c1ccc(-n2c3ccccc3c3ccc(-c4ccc5c6ccc7ccccc7c6n(-c6ccccc6-c6ccc7c8c(cccc68)-c6ccccc6-7)c5c4)cc32)cc1. The lowest BCUT2D eigenvalue weighted by Crippen LogP contribution is -1.98. The first-order valence-electron chi connectivity index (χ1n) is 20.1. The van der Waals surface area contributed by atoms with Crippen LogP contribution in [0.1, 0.15) is 0 Å². The fraction of sp³-hybridized carbons (Fsp3) is 0. The van der Waals surface area contributed by atoms with E-state index >= 15 is 0 Å². The van der Waals surface area contributed by atoms with Crippen molar-refractivity contribution in [3.63, 3.8) is 0 Å². The van der Waals surface area contributed by atoms with Crippen molar-refractivity contribution in [1.82, 2.24) is 9.13 Å². The third kappa shape index (κ3) is 4.32. The molecular weight excluding hydrogens is 701 g/mol. The second-order valence-corrected chi connectivity index (χ2v) is 15.6.